The third kappa shape index (κ3) is 4.75. The van der Waals surface area contributed by atoms with Crippen molar-refractivity contribution < 1.29 is 23.0 Å². The molecule has 0 heterocycles. The number of benzene rings is 1. The number of nitrogens with two attached hydrogens (primary N) is 1. The SMILES string of the molecule is COCC(N)C(=O)NC(C)c1ccccc1OC(F)F. The van der Waals surface area contributed by atoms with Crippen molar-refractivity contribution in [2.45, 2.75) is 25.6 Å². The number of carbonyl (C=O) groups is 1. The van der Waals surface area contributed by atoms with Gasteiger partial charge >= 0.3 is 6.61 Å². The van der Waals surface area contributed by atoms with Gasteiger partial charge in [0, 0.05) is 12.7 Å². The summed E-state index contributed by atoms with van der Waals surface area (Å²) in [7, 11) is 1.43. The Morgan fingerprint density at radius 1 is 1.40 bits per heavy atom. The van der Waals surface area contributed by atoms with E-state index in [2.05, 4.69) is 10.1 Å². The molecule has 1 amide bonds. The van der Waals surface area contributed by atoms with Gasteiger partial charge in [0.15, 0.2) is 0 Å². The quantitative estimate of drug-likeness (QED) is 0.796. The molecular formula is C13H18F2N2O3. The highest BCUT2D eigenvalue weighted by atomic mass is 19.3. The van der Waals surface area contributed by atoms with Gasteiger partial charge in [-0.1, -0.05) is 18.2 Å². The number of rotatable bonds is 7. The van der Waals surface area contributed by atoms with Crippen molar-refractivity contribution in [1.82, 2.24) is 5.32 Å². The van der Waals surface area contributed by atoms with Crippen molar-refractivity contribution in [3.05, 3.63) is 29.8 Å². The first kappa shape index (κ1) is 16.3. The zero-order valence-corrected chi connectivity index (χ0v) is 11.3. The van der Waals surface area contributed by atoms with Crippen LogP contribution in [0, 0.1) is 0 Å². The van der Waals surface area contributed by atoms with Crippen LogP contribution < -0.4 is 15.8 Å². The third-order valence-corrected chi connectivity index (χ3v) is 2.64. The number of amides is 1. The van der Waals surface area contributed by atoms with Gasteiger partial charge < -0.3 is 20.5 Å². The van der Waals surface area contributed by atoms with Crippen LogP contribution in [0.5, 0.6) is 5.75 Å². The topological polar surface area (TPSA) is 73.6 Å². The molecule has 7 heteroatoms. The predicted octanol–water partition coefficient (Wildman–Crippen LogP) is 1.44. The number of alkyl halides is 2. The summed E-state index contributed by atoms with van der Waals surface area (Å²) in [5, 5.41) is 2.63. The second-order valence-electron chi connectivity index (χ2n) is 4.21. The van der Waals surface area contributed by atoms with E-state index in [-0.39, 0.29) is 12.4 Å². The Labute approximate surface area is 116 Å². The summed E-state index contributed by atoms with van der Waals surface area (Å²) in [6.07, 6.45) is 0. The third-order valence-electron chi connectivity index (χ3n) is 2.64. The van der Waals surface area contributed by atoms with Gasteiger partial charge in [-0.3, -0.25) is 4.79 Å². The number of hydrogen-bond donors (Lipinski definition) is 2. The van der Waals surface area contributed by atoms with Crippen molar-refractivity contribution in [2.75, 3.05) is 13.7 Å². The van der Waals surface area contributed by atoms with E-state index in [0.29, 0.717) is 5.56 Å². The Morgan fingerprint density at radius 2 is 2.05 bits per heavy atom. The fourth-order valence-electron chi connectivity index (χ4n) is 1.69. The van der Waals surface area contributed by atoms with Gasteiger partial charge in [0.05, 0.1) is 12.6 Å². The maximum atomic E-state index is 12.3. The Morgan fingerprint density at radius 3 is 2.65 bits per heavy atom. The lowest BCUT2D eigenvalue weighted by Gasteiger charge is -2.20. The van der Waals surface area contributed by atoms with Crippen molar-refractivity contribution >= 4 is 5.91 Å². The highest BCUT2D eigenvalue weighted by Crippen LogP contribution is 2.26. The molecule has 0 aliphatic carbocycles. The second-order valence-corrected chi connectivity index (χ2v) is 4.21. The average molecular weight is 288 g/mol. The first-order chi connectivity index (χ1) is 9.45. The highest BCUT2D eigenvalue weighted by Gasteiger charge is 2.19. The van der Waals surface area contributed by atoms with Gasteiger partial charge in [0.1, 0.15) is 11.8 Å². The molecule has 0 spiro atoms. The van der Waals surface area contributed by atoms with E-state index < -0.39 is 24.6 Å². The molecule has 3 N–H and O–H groups in total. The van der Waals surface area contributed by atoms with Crippen LogP contribution in [0.1, 0.15) is 18.5 Å². The molecule has 1 aromatic rings. The summed E-state index contributed by atoms with van der Waals surface area (Å²) in [5.41, 5.74) is 6.03. The van der Waals surface area contributed by atoms with E-state index in [1.54, 1.807) is 25.1 Å². The van der Waals surface area contributed by atoms with E-state index in [1.165, 1.54) is 13.2 Å². The predicted molar refractivity (Wildman–Crippen MR) is 69.5 cm³/mol. The zero-order valence-electron chi connectivity index (χ0n) is 11.3. The number of halogens is 2. The number of para-hydroxylation sites is 1. The molecule has 0 saturated heterocycles. The normalized spacial score (nSPS) is 13.9. The standard InChI is InChI=1S/C13H18F2N2O3/c1-8(17-12(18)10(16)7-19-2)9-5-3-4-6-11(9)20-13(14)15/h3-6,8,10,13H,7,16H2,1-2H3,(H,17,18). The Bertz CT molecular complexity index is 443. The lowest BCUT2D eigenvalue weighted by Crippen LogP contribution is -2.44. The molecule has 0 aromatic heterocycles. The van der Waals surface area contributed by atoms with Crippen LogP contribution in [0.15, 0.2) is 24.3 Å². The molecule has 2 unspecified atom stereocenters. The van der Waals surface area contributed by atoms with Crippen LogP contribution in [0.3, 0.4) is 0 Å². The number of hydrogen-bond acceptors (Lipinski definition) is 4. The molecule has 0 aliphatic rings. The van der Waals surface area contributed by atoms with Gasteiger partial charge in [0.25, 0.3) is 0 Å². The number of methoxy groups -OCH3 is 1. The van der Waals surface area contributed by atoms with E-state index in [4.69, 9.17) is 10.5 Å². The number of nitrogens with one attached hydrogen (secondary N) is 1. The molecule has 1 aromatic carbocycles. The highest BCUT2D eigenvalue weighted by molar-refractivity contribution is 5.82. The number of ether oxygens (including phenoxy) is 2. The molecular weight excluding hydrogens is 270 g/mol. The number of carbonyl (C=O) groups excluding carboxylic acids is 1. The molecule has 0 radical (unpaired) electrons. The lowest BCUT2D eigenvalue weighted by molar-refractivity contribution is -0.124. The Hall–Kier alpha value is -1.73. The molecule has 0 fully saturated rings. The molecule has 1 rings (SSSR count). The van der Waals surface area contributed by atoms with Crippen LogP contribution in [0.2, 0.25) is 0 Å². The van der Waals surface area contributed by atoms with Gasteiger partial charge in [0.2, 0.25) is 5.91 Å². The maximum absolute atomic E-state index is 12.3. The maximum Gasteiger partial charge on any atom is 0.387 e. The van der Waals surface area contributed by atoms with Gasteiger partial charge in [-0.25, -0.2) is 0 Å². The molecule has 5 nitrogen and oxygen atoms in total. The summed E-state index contributed by atoms with van der Waals surface area (Å²) in [6.45, 7) is -1.19. The first-order valence-corrected chi connectivity index (χ1v) is 6.04. The summed E-state index contributed by atoms with van der Waals surface area (Å²) in [5.74, 6) is -0.401. The Balaban J connectivity index is 2.76. The van der Waals surface area contributed by atoms with Crippen LogP contribution >= 0.6 is 0 Å². The lowest BCUT2D eigenvalue weighted by atomic mass is 10.1. The zero-order chi connectivity index (χ0) is 15.1. The van der Waals surface area contributed by atoms with Crippen molar-refractivity contribution in [2.24, 2.45) is 5.73 Å². The van der Waals surface area contributed by atoms with Crippen LogP contribution in [-0.4, -0.2) is 32.3 Å². The van der Waals surface area contributed by atoms with Crippen molar-refractivity contribution in [3.63, 3.8) is 0 Å². The molecule has 0 aliphatic heterocycles. The van der Waals surface area contributed by atoms with Gasteiger partial charge in [-0.15, -0.1) is 0 Å². The minimum atomic E-state index is -2.92. The fourth-order valence-corrected chi connectivity index (χ4v) is 1.69. The monoisotopic (exact) mass is 288 g/mol. The van der Waals surface area contributed by atoms with Gasteiger partial charge in [-0.2, -0.15) is 8.78 Å². The Kier molecular flexibility index (Phi) is 6.33. The minimum absolute atomic E-state index is 0.0237. The fraction of sp³-hybridized carbons (Fsp3) is 0.462. The first-order valence-electron chi connectivity index (χ1n) is 6.04. The molecule has 0 saturated carbocycles. The van der Waals surface area contributed by atoms with E-state index >= 15 is 0 Å². The average Bonchev–Trinajstić information content (AvgIpc) is 2.38. The van der Waals surface area contributed by atoms with E-state index in [1.807, 2.05) is 0 Å². The molecule has 2 atom stereocenters. The largest absolute Gasteiger partial charge is 0.434 e. The summed E-state index contributed by atoms with van der Waals surface area (Å²) < 4.78 is 33.8. The van der Waals surface area contributed by atoms with Crippen molar-refractivity contribution in [1.29, 1.82) is 0 Å². The molecule has 112 valence electrons. The van der Waals surface area contributed by atoms with Crippen molar-refractivity contribution in [3.8, 4) is 5.75 Å². The van der Waals surface area contributed by atoms with E-state index in [9.17, 15) is 13.6 Å². The van der Waals surface area contributed by atoms with E-state index in [0.717, 1.165) is 0 Å². The molecule has 0 bridgehead atoms. The second kappa shape index (κ2) is 7.76. The summed E-state index contributed by atoms with van der Waals surface area (Å²) in [6, 6.07) is 4.94. The van der Waals surface area contributed by atoms with Crippen LogP contribution in [0.4, 0.5) is 8.78 Å². The van der Waals surface area contributed by atoms with Crippen LogP contribution in [0.25, 0.3) is 0 Å². The van der Waals surface area contributed by atoms with Crippen LogP contribution in [-0.2, 0) is 9.53 Å². The summed E-state index contributed by atoms with van der Waals surface area (Å²) in [4.78, 5) is 11.7. The minimum Gasteiger partial charge on any atom is -0.434 e. The molecule has 20 heavy (non-hydrogen) atoms. The summed E-state index contributed by atoms with van der Waals surface area (Å²) >= 11 is 0. The smallest absolute Gasteiger partial charge is 0.387 e. The van der Waals surface area contributed by atoms with Gasteiger partial charge in [-0.05, 0) is 13.0 Å².